The number of esters is 1. The van der Waals surface area contributed by atoms with Crippen molar-refractivity contribution in [2.45, 2.75) is 12.8 Å². The Morgan fingerprint density at radius 3 is 2.92 bits per heavy atom. The summed E-state index contributed by atoms with van der Waals surface area (Å²) < 4.78 is 4.58. The van der Waals surface area contributed by atoms with Gasteiger partial charge in [0.15, 0.2) is 0 Å². The van der Waals surface area contributed by atoms with Gasteiger partial charge in [-0.15, -0.1) is 0 Å². The van der Waals surface area contributed by atoms with Crippen molar-refractivity contribution in [1.29, 1.82) is 0 Å². The topological polar surface area (TPSA) is 46.6 Å². The van der Waals surface area contributed by atoms with Crippen LogP contribution in [-0.4, -0.2) is 43.9 Å². The van der Waals surface area contributed by atoms with Crippen molar-refractivity contribution >= 4 is 11.8 Å². The van der Waals surface area contributed by atoms with Crippen molar-refractivity contribution in [1.82, 2.24) is 4.90 Å². The lowest BCUT2D eigenvalue weighted by Gasteiger charge is -2.16. The van der Waals surface area contributed by atoms with Crippen molar-refractivity contribution in [3.63, 3.8) is 0 Å². The third-order valence-corrected chi connectivity index (χ3v) is 2.33. The van der Waals surface area contributed by atoms with E-state index in [0.717, 1.165) is 13.0 Å². The van der Waals surface area contributed by atoms with Gasteiger partial charge in [0.25, 0.3) is 0 Å². The molecule has 1 rings (SSSR count). The van der Waals surface area contributed by atoms with Gasteiger partial charge in [-0.25, -0.2) is 0 Å². The molecule has 0 radical (unpaired) electrons. The summed E-state index contributed by atoms with van der Waals surface area (Å²) in [5, 5.41) is 0. The Bertz CT molecular complexity index is 215. The molecule has 0 aliphatic carbocycles. The Hall–Kier alpha value is -0.900. The first kappa shape index (κ1) is 10.2. The molecule has 4 heteroatoms. The van der Waals surface area contributed by atoms with Gasteiger partial charge in [-0.05, 0) is 20.0 Å². The fourth-order valence-corrected chi connectivity index (χ4v) is 1.55. The smallest absolute Gasteiger partial charge is 0.317 e. The molecule has 0 amide bonds. The third-order valence-electron chi connectivity index (χ3n) is 2.33. The molecule has 0 aromatic rings. The molecule has 0 aromatic heterocycles. The average molecular weight is 185 g/mol. The largest absolute Gasteiger partial charge is 0.468 e. The molecule has 1 atom stereocenters. The molecule has 74 valence electrons. The number of hydrogen-bond donors (Lipinski definition) is 0. The van der Waals surface area contributed by atoms with Crippen molar-refractivity contribution in [3.05, 3.63) is 0 Å². The van der Waals surface area contributed by atoms with E-state index >= 15 is 0 Å². The second-order valence-corrected chi connectivity index (χ2v) is 3.41. The van der Waals surface area contributed by atoms with Gasteiger partial charge in [-0.2, -0.15) is 0 Å². The highest BCUT2D eigenvalue weighted by molar-refractivity contribution is 5.99. The highest BCUT2D eigenvalue weighted by Gasteiger charge is 2.30. The second kappa shape index (κ2) is 4.37. The molecule has 1 aliphatic rings. The van der Waals surface area contributed by atoms with E-state index in [1.807, 2.05) is 11.9 Å². The lowest BCUT2D eigenvalue weighted by atomic mass is 10.0. The summed E-state index contributed by atoms with van der Waals surface area (Å²) in [5.74, 6) is -0.965. The maximum absolute atomic E-state index is 11.4. The summed E-state index contributed by atoms with van der Waals surface area (Å²) in [7, 11) is 3.23. The molecular weight excluding hydrogens is 170 g/mol. The predicted octanol–water partition coefficient (Wildman–Crippen LogP) is 0.0703. The molecule has 0 saturated carbocycles. The van der Waals surface area contributed by atoms with E-state index in [1.54, 1.807) is 0 Å². The van der Waals surface area contributed by atoms with E-state index < -0.39 is 11.9 Å². The number of nitrogens with zero attached hydrogens (tertiary/aromatic N) is 1. The number of rotatable bonds is 1. The zero-order valence-electron chi connectivity index (χ0n) is 8.08. The summed E-state index contributed by atoms with van der Waals surface area (Å²) in [5.41, 5.74) is 0. The average Bonchev–Trinajstić information content (AvgIpc) is 2.27. The Morgan fingerprint density at radius 1 is 1.62 bits per heavy atom. The number of methoxy groups -OCH3 is 1. The summed E-state index contributed by atoms with van der Waals surface area (Å²) >= 11 is 0. The van der Waals surface area contributed by atoms with Gasteiger partial charge in [0.05, 0.1) is 7.11 Å². The maximum atomic E-state index is 11.4. The molecule has 1 fully saturated rings. The van der Waals surface area contributed by atoms with Crippen LogP contribution in [0.1, 0.15) is 12.8 Å². The minimum Gasteiger partial charge on any atom is -0.468 e. The SMILES string of the molecule is COC(=O)C1CN(C)CCCC1=O. The van der Waals surface area contributed by atoms with Crippen LogP contribution in [0.15, 0.2) is 0 Å². The number of carbonyl (C=O) groups excluding carboxylic acids is 2. The number of ether oxygens (including phenoxy) is 1. The predicted molar refractivity (Wildman–Crippen MR) is 47.2 cm³/mol. The van der Waals surface area contributed by atoms with Crippen LogP contribution < -0.4 is 0 Å². The van der Waals surface area contributed by atoms with Gasteiger partial charge >= 0.3 is 5.97 Å². The summed E-state index contributed by atoms with van der Waals surface area (Å²) in [4.78, 5) is 24.6. The first-order valence-corrected chi connectivity index (χ1v) is 4.44. The van der Waals surface area contributed by atoms with Crippen LogP contribution in [0.5, 0.6) is 0 Å². The van der Waals surface area contributed by atoms with Gasteiger partial charge < -0.3 is 9.64 Å². The Labute approximate surface area is 77.8 Å². The molecule has 1 aliphatic heterocycles. The van der Waals surface area contributed by atoms with E-state index in [2.05, 4.69) is 4.74 Å². The minimum atomic E-state index is -0.572. The molecule has 1 heterocycles. The number of likely N-dealkylation sites (tertiary alicyclic amines) is 1. The quantitative estimate of drug-likeness (QED) is 0.428. The van der Waals surface area contributed by atoms with Crippen molar-refractivity contribution in [2.75, 3.05) is 27.2 Å². The number of ketones is 1. The number of hydrogen-bond acceptors (Lipinski definition) is 4. The summed E-state index contributed by atoms with van der Waals surface area (Å²) in [6, 6.07) is 0. The van der Waals surface area contributed by atoms with E-state index in [4.69, 9.17) is 0 Å². The second-order valence-electron chi connectivity index (χ2n) is 3.41. The molecule has 0 N–H and O–H groups in total. The molecule has 4 nitrogen and oxygen atoms in total. The van der Waals surface area contributed by atoms with Crippen LogP contribution in [0.3, 0.4) is 0 Å². The standard InChI is InChI=1S/C9H15NO3/c1-10-5-3-4-8(11)7(6-10)9(12)13-2/h7H,3-6H2,1-2H3. The number of carbonyl (C=O) groups is 2. The van der Waals surface area contributed by atoms with E-state index in [-0.39, 0.29) is 5.78 Å². The van der Waals surface area contributed by atoms with Gasteiger partial charge in [0.2, 0.25) is 0 Å². The first-order chi connectivity index (χ1) is 6.15. The lowest BCUT2D eigenvalue weighted by molar-refractivity contribution is -0.149. The maximum Gasteiger partial charge on any atom is 0.317 e. The molecule has 1 unspecified atom stereocenters. The first-order valence-electron chi connectivity index (χ1n) is 4.44. The van der Waals surface area contributed by atoms with Crippen LogP contribution >= 0.6 is 0 Å². The Balaban J connectivity index is 2.67. The van der Waals surface area contributed by atoms with Gasteiger partial charge in [0, 0.05) is 13.0 Å². The van der Waals surface area contributed by atoms with Gasteiger partial charge in [0.1, 0.15) is 11.7 Å². The monoisotopic (exact) mass is 185 g/mol. The van der Waals surface area contributed by atoms with Crippen molar-refractivity contribution in [3.8, 4) is 0 Å². The molecule has 13 heavy (non-hydrogen) atoms. The zero-order valence-corrected chi connectivity index (χ0v) is 8.08. The molecule has 0 aromatic carbocycles. The molecule has 0 bridgehead atoms. The van der Waals surface area contributed by atoms with Crippen LogP contribution in [0.4, 0.5) is 0 Å². The van der Waals surface area contributed by atoms with E-state index in [1.165, 1.54) is 7.11 Å². The Morgan fingerprint density at radius 2 is 2.31 bits per heavy atom. The number of Topliss-reactive ketones (excluding diaryl/α,β-unsaturated/α-hetero) is 1. The van der Waals surface area contributed by atoms with E-state index in [0.29, 0.717) is 13.0 Å². The van der Waals surface area contributed by atoms with E-state index in [9.17, 15) is 9.59 Å². The fourth-order valence-electron chi connectivity index (χ4n) is 1.55. The fraction of sp³-hybridized carbons (Fsp3) is 0.778. The normalized spacial score (nSPS) is 25.4. The molecular formula is C9H15NO3. The zero-order chi connectivity index (χ0) is 9.84. The summed E-state index contributed by atoms with van der Waals surface area (Å²) in [6.45, 7) is 1.37. The van der Waals surface area contributed by atoms with Crippen LogP contribution in [0.25, 0.3) is 0 Å². The molecule has 0 spiro atoms. The van der Waals surface area contributed by atoms with Crippen molar-refractivity contribution in [2.24, 2.45) is 5.92 Å². The molecule has 1 saturated heterocycles. The Kier molecular flexibility index (Phi) is 3.42. The van der Waals surface area contributed by atoms with Gasteiger partial charge in [-0.3, -0.25) is 9.59 Å². The van der Waals surface area contributed by atoms with Crippen molar-refractivity contribution < 1.29 is 14.3 Å². The van der Waals surface area contributed by atoms with Crippen LogP contribution in [-0.2, 0) is 14.3 Å². The van der Waals surface area contributed by atoms with Crippen LogP contribution in [0, 0.1) is 5.92 Å². The van der Waals surface area contributed by atoms with Crippen LogP contribution in [0.2, 0.25) is 0 Å². The van der Waals surface area contributed by atoms with Gasteiger partial charge in [-0.1, -0.05) is 0 Å². The third kappa shape index (κ3) is 2.52. The lowest BCUT2D eigenvalue weighted by Crippen LogP contribution is -2.33. The summed E-state index contributed by atoms with van der Waals surface area (Å²) in [6.07, 6.45) is 1.33. The highest BCUT2D eigenvalue weighted by atomic mass is 16.5. The minimum absolute atomic E-state index is 0.0104. The highest BCUT2D eigenvalue weighted by Crippen LogP contribution is 2.12.